The number of benzene rings is 1. The van der Waals surface area contributed by atoms with Gasteiger partial charge in [0.1, 0.15) is 5.75 Å². The van der Waals surface area contributed by atoms with E-state index < -0.39 is 5.97 Å². The van der Waals surface area contributed by atoms with Crippen LogP contribution in [0.1, 0.15) is 18.9 Å². The maximum Gasteiger partial charge on any atom is 0.343 e. The van der Waals surface area contributed by atoms with Crippen molar-refractivity contribution in [3.63, 3.8) is 0 Å². The van der Waals surface area contributed by atoms with Gasteiger partial charge in [-0.3, -0.25) is 0 Å². The molecule has 6 heteroatoms. The van der Waals surface area contributed by atoms with Crippen LogP contribution in [0.2, 0.25) is 0 Å². The minimum atomic E-state index is -0.420. The number of carbonyl (C=O) groups excluding carboxylic acids is 1. The smallest absolute Gasteiger partial charge is 0.343 e. The number of esters is 1. The molecular weight excluding hydrogens is 378 g/mol. The molecule has 0 heterocycles. The summed E-state index contributed by atoms with van der Waals surface area (Å²) in [6.45, 7) is 1.93. The number of halogens is 2. The van der Waals surface area contributed by atoms with Gasteiger partial charge < -0.3 is 15.2 Å². The zero-order chi connectivity index (χ0) is 14.4. The molecule has 0 amide bonds. The molecule has 0 aliphatic rings. The number of ether oxygens (including phenoxy) is 2. The molecule has 0 aliphatic carbocycles. The number of methoxy groups -OCH3 is 1. The summed E-state index contributed by atoms with van der Waals surface area (Å²) in [6, 6.07) is 4.04. The van der Waals surface area contributed by atoms with E-state index >= 15 is 0 Å². The largest absolute Gasteiger partial charge is 0.480 e. The fraction of sp³-hybridized carbons (Fsp3) is 0.462. The molecule has 0 saturated carbocycles. The Morgan fingerprint density at radius 3 is 2.42 bits per heavy atom. The molecule has 1 aromatic carbocycles. The predicted molar refractivity (Wildman–Crippen MR) is 81.3 cm³/mol. The van der Waals surface area contributed by atoms with Crippen LogP contribution in [-0.2, 0) is 16.0 Å². The number of carbonyl (C=O) groups is 1. The van der Waals surface area contributed by atoms with Crippen LogP contribution in [0.15, 0.2) is 21.1 Å². The quantitative estimate of drug-likeness (QED) is 0.753. The summed E-state index contributed by atoms with van der Waals surface area (Å²) in [6.07, 6.45) is 1.72. The van der Waals surface area contributed by atoms with E-state index in [0.717, 1.165) is 27.4 Å². The second-order valence-electron chi connectivity index (χ2n) is 4.13. The summed E-state index contributed by atoms with van der Waals surface area (Å²) < 4.78 is 11.5. The van der Waals surface area contributed by atoms with E-state index in [9.17, 15) is 4.79 Å². The van der Waals surface area contributed by atoms with E-state index in [2.05, 4.69) is 43.5 Å². The second-order valence-corrected chi connectivity index (χ2v) is 5.83. The van der Waals surface area contributed by atoms with E-state index in [0.29, 0.717) is 5.75 Å². The third-order valence-electron chi connectivity index (χ3n) is 2.64. The van der Waals surface area contributed by atoms with Gasteiger partial charge in [0.15, 0.2) is 6.61 Å². The minimum Gasteiger partial charge on any atom is -0.480 e. The van der Waals surface area contributed by atoms with Crippen molar-refractivity contribution in [2.45, 2.75) is 25.8 Å². The van der Waals surface area contributed by atoms with Crippen molar-refractivity contribution >= 4 is 37.8 Å². The first-order valence-corrected chi connectivity index (χ1v) is 7.49. The molecule has 0 radical (unpaired) electrons. The van der Waals surface area contributed by atoms with Gasteiger partial charge in [-0.2, -0.15) is 0 Å². The van der Waals surface area contributed by atoms with Gasteiger partial charge >= 0.3 is 5.97 Å². The van der Waals surface area contributed by atoms with E-state index in [1.54, 1.807) is 0 Å². The van der Waals surface area contributed by atoms with Gasteiger partial charge in [0.05, 0.1) is 16.1 Å². The van der Waals surface area contributed by atoms with Gasteiger partial charge in [-0.1, -0.05) is 6.92 Å². The Bertz CT molecular complexity index is 429. The number of nitrogens with two attached hydrogens (primary N) is 1. The zero-order valence-corrected chi connectivity index (χ0v) is 14.1. The molecule has 19 heavy (non-hydrogen) atoms. The fourth-order valence-electron chi connectivity index (χ4n) is 1.51. The van der Waals surface area contributed by atoms with Crippen LogP contribution in [0, 0.1) is 0 Å². The lowest BCUT2D eigenvalue weighted by Crippen LogP contribution is -2.21. The van der Waals surface area contributed by atoms with Crippen molar-refractivity contribution in [3.05, 3.63) is 26.6 Å². The van der Waals surface area contributed by atoms with Crippen molar-refractivity contribution in [1.82, 2.24) is 0 Å². The number of rotatable bonds is 6. The average Bonchev–Trinajstić information content (AvgIpc) is 2.37. The highest BCUT2D eigenvalue weighted by Gasteiger charge is 2.12. The first kappa shape index (κ1) is 16.5. The van der Waals surface area contributed by atoms with Crippen molar-refractivity contribution in [1.29, 1.82) is 0 Å². The van der Waals surface area contributed by atoms with Gasteiger partial charge in [0, 0.05) is 6.04 Å². The molecule has 4 nitrogen and oxygen atoms in total. The Hall–Kier alpha value is -0.590. The normalized spacial score (nSPS) is 12.1. The fourth-order valence-corrected chi connectivity index (χ4v) is 3.02. The molecule has 0 spiro atoms. The summed E-state index contributed by atoms with van der Waals surface area (Å²) in [7, 11) is 1.32. The standard InChI is InChI=1S/C13H17Br2NO3/c1-3-9(16)4-8-5-10(14)13(11(15)6-8)19-7-12(17)18-2/h5-6,9H,3-4,7,16H2,1-2H3. The number of hydrogen-bond donors (Lipinski definition) is 1. The molecule has 1 unspecified atom stereocenters. The summed E-state index contributed by atoms with van der Waals surface area (Å²) in [5.74, 6) is 0.162. The van der Waals surface area contributed by atoms with Crippen LogP contribution in [0.25, 0.3) is 0 Å². The molecule has 2 N–H and O–H groups in total. The molecule has 1 aromatic rings. The van der Waals surface area contributed by atoms with E-state index in [-0.39, 0.29) is 12.6 Å². The minimum absolute atomic E-state index is 0.123. The molecule has 106 valence electrons. The monoisotopic (exact) mass is 393 g/mol. The third-order valence-corrected chi connectivity index (χ3v) is 3.82. The van der Waals surface area contributed by atoms with Crippen LogP contribution >= 0.6 is 31.9 Å². The molecule has 0 saturated heterocycles. The second kappa shape index (κ2) is 7.87. The van der Waals surface area contributed by atoms with Crippen LogP contribution in [0.4, 0.5) is 0 Å². The Balaban J connectivity index is 2.82. The van der Waals surface area contributed by atoms with Gasteiger partial charge in [0.2, 0.25) is 0 Å². The maximum atomic E-state index is 11.1. The Kier molecular flexibility index (Phi) is 6.82. The van der Waals surface area contributed by atoms with Crippen LogP contribution in [0.5, 0.6) is 5.75 Å². The summed E-state index contributed by atoms with van der Waals surface area (Å²) in [5.41, 5.74) is 7.05. The molecular formula is C13H17Br2NO3. The Morgan fingerprint density at radius 1 is 1.37 bits per heavy atom. The first-order chi connectivity index (χ1) is 8.97. The van der Waals surface area contributed by atoms with Gasteiger partial charge in [-0.25, -0.2) is 4.79 Å². The molecule has 0 fully saturated rings. The lowest BCUT2D eigenvalue weighted by atomic mass is 10.0. The molecule has 1 rings (SSSR count). The van der Waals surface area contributed by atoms with Gasteiger partial charge in [0.25, 0.3) is 0 Å². The summed E-state index contributed by atoms with van der Waals surface area (Å²) in [4.78, 5) is 11.1. The Labute approximate surface area is 129 Å². The molecule has 1 atom stereocenters. The highest BCUT2D eigenvalue weighted by Crippen LogP contribution is 2.35. The van der Waals surface area contributed by atoms with Crippen LogP contribution in [-0.4, -0.2) is 25.7 Å². The van der Waals surface area contributed by atoms with Crippen molar-refractivity contribution in [2.24, 2.45) is 5.73 Å². The lowest BCUT2D eigenvalue weighted by Gasteiger charge is -2.13. The van der Waals surface area contributed by atoms with Crippen molar-refractivity contribution in [2.75, 3.05) is 13.7 Å². The maximum absolute atomic E-state index is 11.1. The van der Waals surface area contributed by atoms with Crippen LogP contribution < -0.4 is 10.5 Å². The van der Waals surface area contributed by atoms with E-state index in [1.165, 1.54) is 7.11 Å². The van der Waals surface area contributed by atoms with E-state index in [1.807, 2.05) is 12.1 Å². The summed E-state index contributed by atoms with van der Waals surface area (Å²) >= 11 is 6.87. The highest BCUT2D eigenvalue weighted by atomic mass is 79.9. The summed E-state index contributed by atoms with van der Waals surface area (Å²) in [5, 5.41) is 0. The zero-order valence-electron chi connectivity index (χ0n) is 10.9. The first-order valence-electron chi connectivity index (χ1n) is 5.91. The van der Waals surface area contributed by atoms with Gasteiger partial charge in [-0.05, 0) is 62.4 Å². The SMILES string of the molecule is CCC(N)Cc1cc(Br)c(OCC(=O)OC)c(Br)c1. The topological polar surface area (TPSA) is 61.5 Å². The third kappa shape index (κ3) is 5.12. The lowest BCUT2D eigenvalue weighted by molar-refractivity contribution is -0.142. The predicted octanol–water partition coefficient (Wildman–Crippen LogP) is 3.04. The molecule has 0 aliphatic heterocycles. The Morgan fingerprint density at radius 2 is 1.95 bits per heavy atom. The van der Waals surface area contributed by atoms with Crippen molar-refractivity contribution < 1.29 is 14.3 Å². The molecule has 0 bridgehead atoms. The highest BCUT2D eigenvalue weighted by molar-refractivity contribution is 9.11. The van der Waals surface area contributed by atoms with E-state index in [4.69, 9.17) is 10.5 Å². The van der Waals surface area contributed by atoms with Crippen molar-refractivity contribution in [3.8, 4) is 5.75 Å². The van der Waals surface area contributed by atoms with Gasteiger partial charge in [-0.15, -0.1) is 0 Å². The van der Waals surface area contributed by atoms with Crippen LogP contribution in [0.3, 0.4) is 0 Å². The molecule has 0 aromatic heterocycles. The average molecular weight is 395 g/mol. The number of hydrogen-bond acceptors (Lipinski definition) is 4.